The van der Waals surface area contributed by atoms with E-state index in [9.17, 15) is 0 Å². The number of imidazole rings is 1. The van der Waals surface area contributed by atoms with Crippen LogP contribution in [0.5, 0.6) is 0 Å². The summed E-state index contributed by atoms with van der Waals surface area (Å²) in [5.41, 5.74) is 7.25. The van der Waals surface area contributed by atoms with Crippen molar-refractivity contribution < 1.29 is 0 Å². The fraction of sp³-hybridized carbons (Fsp3) is 0.417. The van der Waals surface area contributed by atoms with Crippen LogP contribution in [-0.4, -0.2) is 15.6 Å². The highest BCUT2D eigenvalue weighted by molar-refractivity contribution is 9.10. The zero-order valence-electron chi connectivity index (χ0n) is 9.61. The lowest BCUT2D eigenvalue weighted by atomic mass is 10.1. The lowest BCUT2D eigenvalue weighted by Gasteiger charge is -2.21. The van der Waals surface area contributed by atoms with Crippen molar-refractivity contribution >= 4 is 27.3 Å². The van der Waals surface area contributed by atoms with Gasteiger partial charge in [0.1, 0.15) is 4.60 Å². The van der Waals surface area contributed by atoms with Gasteiger partial charge < -0.3 is 10.3 Å². The fourth-order valence-corrected chi connectivity index (χ4v) is 3.69. The van der Waals surface area contributed by atoms with Crippen LogP contribution in [-0.2, 0) is 13.0 Å². The van der Waals surface area contributed by atoms with Gasteiger partial charge in [-0.05, 0) is 41.4 Å². The van der Waals surface area contributed by atoms with Crippen LogP contribution in [0.4, 0.5) is 0 Å². The molecule has 17 heavy (non-hydrogen) atoms. The van der Waals surface area contributed by atoms with E-state index in [0.29, 0.717) is 0 Å². The van der Waals surface area contributed by atoms with Crippen LogP contribution >= 0.6 is 27.3 Å². The van der Waals surface area contributed by atoms with Crippen LogP contribution in [0.25, 0.3) is 10.7 Å². The standard InChI is InChI=1S/C12H14BrN3S/c1-7-2-3-10(17-7)12-15-11(13)9-6-8(14)4-5-16(9)12/h2-3,8H,4-6,14H2,1H3. The number of aryl methyl sites for hydroxylation is 1. The highest BCUT2D eigenvalue weighted by Gasteiger charge is 2.23. The number of halogens is 1. The molecule has 1 unspecified atom stereocenters. The zero-order valence-corrected chi connectivity index (χ0v) is 12.0. The third-order valence-electron chi connectivity index (χ3n) is 3.16. The third kappa shape index (κ3) is 1.96. The Morgan fingerprint density at radius 3 is 3.06 bits per heavy atom. The van der Waals surface area contributed by atoms with Gasteiger partial charge in [-0.1, -0.05) is 0 Å². The first-order chi connectivity index (χ1) is 8.15. The second-order valence-corrected chi connectivity index (χ2v) is 6.53. The number of thiophene rings is 1. The lowest BCUT2D eigenvalue weighted by molar-refractivity contribution is 0.473. The monoisotopic (exact) mass is 311 g/mol. The van der Waals surface area contributed by atoms with Gasteiger partial charge in [-0.3, -0.25) is 0 Å². The minimum absolute atomic E-state index is 0.272. The number of rotatable bonds is 1. The molecule has 0 spiro atoms. The number of nitrogens with zero attached hydrogens (tertiary/aromatic N) is 2. The number of aromatic nitrogens is 2. The second-order valence-electron chi connectivity index (χ2n) is 4.49. The van der Waals surface area contributed by atoms with E-state index >= 15 is 0 Å². The summed E-state index contributed by atoms with van der Waals surface area (Å²) < 4.78 is 3.26. The average Bonchev–Trinajstić information content (AvgIpc) is 2.84. The van der Waals surface area contributed by atoms with Crippen LogP contribution < -0.4 is 5.73 Å². The number of hydrogen-bond acceptors (Lipinski definition) is 3. The van der Waals surface area contributed by atoms with E-state index in [-0.39, 0.29) is 6.04 Å². The summed E-state index contributed by atoms with van der Waals surface area (Å²) in [5, 5.41) is 0. The first kappa shape index (κ1) is 11.4. The Morgan fingerprint density at radius 2 is 2.35 bits per heavy atom. The Hall–Kier alpha value is -0.650. The lowest BCUT2D eigenvalue weighted by Crippen LogP contribution is -2.30. The topological polar surface area (TPSA) is 43.8 Å². The third-order valence-corrected chi connectivity index (χ3v) is 4.80. The molecule has 0 aliphatic carbocycles. The highest BCUT2D eigenvalue weighted by Crippen LogP contribution is 2.33. The van der Waals surface area contributed by atoms with Gasteiger partial charge in [-0.2, -0.15) is 0 Å². The molecule has 0 saturated heterocycles. The molecule has 3 heterocycles. The normalized spacial score (nSPS) is 19.4. The van der Waals surface area contributed by atoms with Crippen molar-refractivity contribution in [3.05, 3.63) is 27.3 Å². The number of nitrogens with two attached hydrogens (primary N) is 1. The van der Waals surface area contributed by atoms with E-state index in [1.165, 1.54) is 15.4 Å². The molecular weight excluding hydrogens is 298 g/mol. The van der Waals surface area contributed by atoms with Gasteiger partial charge in [-0.25, -0.2) is 4.98 Å². The van der Waals surface area contributed by atoms with Gasteiger partial charge in [-0.15, -0.1) is 11.3 Å². The molecule has 0 radical (unpaired) electrons. The molecule has 0 aromatic carbocycles. The molecular formula is C12H14BrN3S. The van der Waals surface area contributed by atoms with Crippen LogP contribution in [0, 0.1) is 6.92 Å². The maximum atomic E-state index is 6.01. The van der Waals surface area contributed by atoms with E-state index in [1.807, 2.05) is 0 Å². The molecule has 5 heteroatoms. The van der Waals surface area contributed by atoms with Gasteiger partial charge in [0.25, 0.3) is 0 Å². The smallest absolute Gasteiger partial charge is 0.151 e. The molecule has 2 aromatic heterocycles. The Balaban J connectivity index is 2.10. The van der Waals surface area contributed by atoms with Crippen molar-refractivity contribution in [3.63, 3.8) is 0 Å². The summed E-state index contributed by atoms with van der Waals surface area (Å²) >= 11 is 5.34. The van der Waals surface area contributed by atoms with Gasteiger partial charge in [0.15, 0.2) is 5.82 Å². The Kier molecular flexibility index (Phi) is 2.84. The first-order valence-electron chi connectivity index (χ1n) is 5.72. The molecule has 1 atom stereocenters. The van der Waals surface area contributed by atoms with E-state index in [4.69, 9.17) is 5.73 Å². The number of hydrogen-bond donors (Lipinski definition) is 1. The Labute approximate surface area is 113 Å². The molecule has 2 N–H and O–H groups in total. The summed E-state index contributed by atoms with van der Waals surface area (Å²) in [4.78, 5) is 7.21. The highest BCUT2D eigenvalue weighted by atomic mass is 79.9. The van der Waals surface area contributed by atoms with E-state index in [0.717, 1.165) is 29.8 Å². The molecule has 90 valence electrons. The maximum absolute atomic E-state index is 6.01. The van der Waals surface area contributed by atoms with Gasteiger partial charge in [0.05, 0.1) is 10.6 Å². The molecule has 0 fully saturated rings. The van der Waals surface area contributed by atoms with Crippen LogP contribution in [0.3, 0.4) is 0 Å². The van der Waals surface area contributed by atoms with Crippen LogP contribution in [0.15, 0.2) is 16.7 Å². The molecule has 3 rings (SSSR count). The molecule has 1 aliphatic rings. The summed E-state index contributed by atoms with van der Waals surface area (Å²) in [5.74, 6) is 1.08. The Bertz CT molecular complexity index is 558. The van der Waals surface area contributed by atoms with Gasteiger partial charge in [0.2, 0.25) is 0 Å². The quantitative estimate of drug-likeness (QED) is 0.880. The van der Waals surface area contributed by atoms with Crippen molar-refractivity contribution in [2.45, 2.75) is 32.4 Å². The second kappa shape index (κ2) is 4.23. The average molecular weight is 312 g/mol. The molecule has 2 aromatic rings. The zero-order chi connectivity index (χ0) is 12.0. The largest absolute Gasteiger partial charge is 0.327 e. The van der Waals surface area contributed by atoms with Crippen LogP contribution in [0.2, 0.25) is 0 Å². The minimum atomic E-state index is 0.272. The Morgan fingerprint density at radius 1 is 1.53 bits per heavy atom. The number of fused-ring (bicyclic) bond motifs is 1. The predicted molar refractivity (Wildman–Crippen MR) is 74.3 cm³/mol. The molecule has 0 saturated carbocycles. The minimum Gasteiger partial charge on any atom is -0.327 e. The van der Waals surface area contributed by atoms with Crippen molar-refractivity contribution in [1.82, 2.24) is 9.55 Å². The fourth-order valence-electron chi connectivity index (χ4n) is 2.28. The SMILES string of the molecule is Cc1ccc(-c2nc(Br)c3n2CCC(N)C3)s1. The van der Waals surface area contributed by atoms with Crippen molar-refractivity contribution in [1.29, 1.82) is 0 Å². The molecule has 3 nitrogen and oxygen atoms in total. The predicted octanol–water partition coefficient (Wildman–Crippen LogP) is 2.96. The molecule has 0 bridgehead atoms. The van der Waals surface area contributed by atoms with Crippen LogP contribution in [0.1, 0.15) is 17.0 Å². The van der Waals surface area contributed by atoms with E-state index in [1.54, 1.807) is 11.3 Å². The maximum Gasteiger partial charge on any atom is 0.151 e. The summed E-state index contributed by atoms with van der Waals surface area (Å²) in [6, 6.07) is 4.56. The van der Waals surface area contributed by atoms with Gasteiger partial charge in [0, 0.05) is 23.9 Å². The first-order valence-corrected chi connectivity index (χ1v) is 7.33. The van der Waals surface area contributed by atoms with Gasteiger partial charge >= 0.3 is 0 Å². The van der Waals surface area contributed by atoms with Crippen molar-refractivity contribution in [2.75, 3.05) is 0 Å². The van der Waals surface area contributed by atoms with E-state index < -0.39 is 0 Å². The molecule has 0 amide bonds. The summed E-state index contributed by atoms with van der Waals surface area (Å²) in [6.07, 6.45) is 1.95. The molecule has 1 aliphatic heterocycles. The van der Waals surface area contributed by atoms with Crippen molar-refractivity contribution in [2.24, 2.45) is 5.73 Å². The summed E-state index contributed by atoms with van der Waals surface area (Å²) in [7, 11) is 0. The van der Waals surface area contributed by atoms with E-state index in [2.05, 4.69) is 44.5 Å². The summed E-state index contributed by atoms with van der Waals surface area (Å²) in [6.45, 7) is 3.10. The van der Waals surface area contributed by atoms with Crippen molar-refractivity contribution in [3.8, 4) is 10.7 Å².